The van der Waals surface area contributed by atoms with Crippen molar-refractivity contribution in [2.45, 2.75) is 32.1 Å². The third kappa shape index (κ3) is 3.97. The van der Waals surface area contributed by atoms with Gasteiger partial charge in [0.2, 0.25) is 0 Å². The van der Waals surface area contributed by atoms with E-state index in [0.29, 0.717) is 0 Å². The first kappa shape index (κ1) is 11.3. The molecular weight excluding hydrogens is 192 g/mol. The summed E-state index contributed by atoms with van der Waals surface area (Å²) < 4.78 is 0. The van der Waals surface area contributed by atoms with Crippen molar-refractivity contribution in [3.8, 4) is 0 Å². The quantitative estimate of drug-likeness (QED) is 0.473. The molecular formula is C13H17Cl. The standard InChI is InChI=1S/C13H17Cl/c1-2-3-4-5-6-9-12-10-7-8-11-13(12)14/h2,7-8,10-11H,1,3-6,9H2. The zero-order chi connectivity index (χ0) is 10.2. The van der Waals surface area contributed by atoms with Gasteiger partial charge in [-0.3, -0.25) is 0 Å². The Morgan fingerprint density at radius 1 is 1.14 bits per heavy atom. The van der Waals surface area contributed by atoms with Crippen molar-refractivity contribution in [1.82, 2.24) is 0 Å². The Hall–Kier alpha value is -0.750. The maximum Gasteiger partial charge on any atom is 0.0437 e. The van der Waals surface area contributed by atoms with Gasteiger partial charge in [-0.15, -0.1) is 6.58 Å². The lowest BCUT2D eigenvalue weighted by Gasteiger charge is -2.02. The molecule has 0 amide bonds. The first-order chi connectivity index (χ1) is 6.84. The van der Waals surface area contributed by atoms with Crippen molar-refractivity contribution >= 4 is 11.6 Å². The highest BCUT2D eigenvalue weighted by molar-refractivity contribution is 6.31. The molecule has 0 fully saturated rings. The van der Waals surface area contributed by atoms with Crippen LogP contribution in [0, 0.1) is 0 Å². The van der Waals surface area contributed by atoms with Crippen LogP contribution in [0.25, 0.3) is 0 Å². The molecule has 0 aliphatic carbocycles. The summed E-state index contributed by atoms with van der Waals surface area (Å²) in [6, 6.07) is 8.09. The number of halogens is 1. The summed E-state index contributed by atoms with van der Waals surface area (Å²) in [5.41, 5.74) is 1.27. The van der Waals surface area contributed by atoms with Gasteiger partial charge in [-0.05, 0) is 37.3 Å². The Bertz CT molecular complexity index is 278. The molecule has 1 rings (SSSR count). The zero-order valence-electron chi connectivity index (χ0n) is 8.51. The van der Waals surface area contributed by atoms with Crippen LogP contribution in [-0.4, -0.2) is 0 Å². The highest BCUT2D eigenvalue weighted by Gasteiger charge is 1.97. The van der Waals surface area contributed by atoms with E-state index in [1.165, 1.54) is 24.8 Å². The Kier molecular flexibility index (Phi) is 5.39. The first-order valence-electron chi connectivity index (χ1n) is 5.19. The van der Waals surface area contributed by atoms with E-state index in [1.807, 2.05) is 24.3 Å². The van der Waals surface area contributed by atoms with E-state index in [-0.39, 0.29) is 0 Å². The number of unbranched alkanes of at least 4 members (excludes halogenated alkanes) is 3. The SMILES string of the molecule is C=CCCCCCc1ccccc1Cl. The lowest BCUT2D eigenvalue weighted by atomic mass is 10.1. The van der Waals surface area contributed by atoms with Gasteiger partial charge in [-0.2, -0.15) is 0 Å². The summed E-state index contributed by atoms with van der Waals surface area (Å²) >= 11 is 6.05. The van der Waals surface area contributed by atoms with Crippen molar-refractivity contribution < 1.29 is 0 Å². The second kappa shape index (κ2) is 6.67. The van der Waals surface area contributed by atoms with Crippen molar-refractivity contribution in [2.24, 2.45) is 0 Å². The number of aryl methyl sites for hydroxylation is 1. The zero-order valence-corrected chi connectivity index (χ0v) is 9.26. The fourth-order valence-electron chi connectivity index (χ4n) is 1.48. The summed E-state index contributed by atoms with van der Waals surface area (Å²) in [5, 5.41) is 0.899. The summed E-state index contributed by atoms with van der Waals surface area (Å²) in [4.78, 5) is 0. The Morgan fingerprint density at radius 2 is 1.93 bits per heavy atom. The van der Waals surface area contributed by atoms with E-state index in [1.54, 1.807) is 0 Å². The molecule has 0 unspecified atom stereocenters. The van der Waals surface area contributed by atoms with Gasteiger partial charge in [0.05, 0.1) is 0 Å². The maximum absolute atomic E-state index is 6.05. The van der Waals surface area contributed by atoms with Gasteiger partial charge in [0.15, 0.2) is 0 Å². The minimum Gasteiger partial charge on any atom is -0.103 e. The van der Waals surface area contributed by atoms with Crippen LogP contribution in [0.2, 0.25) is 5.02 Å². The summed E-state index contributed by atoms with van der Waals surface area (Å²) in [5.74, 6) is 0. The maximum atomic E-state index is 6.05. The Morgan fingerprint density at radius 3 is 2.64 bits per heavy atom. The van der Waals surface area contributed by atoms with Gasteiger partial charge in [-0.25, -0.2) is 0 Å². The third-order valence-electron chi connectivity index (χ3n) is 2.31. The fraction of sp³-hybridized carbons (Fsp3) is 0.385. The van der Waals surface area contributed by atoms with Crippen molar-refractivity contribution in [3.05, 3.63) is 47.5 Å². The second-order valence-corrected chi connectivity index (χ2v) is 3.89. The lowest BCUT2D eigenvalue weighted by Crippen LogP contribution is -1.86. The van der Waals surface area contributed by atoms with Gasteiger partial charge in [0.1, 0.15) is 0 Å². The number of allylic oxidation sites excluding steroid dienone is 1. The van der Waals surface area contributed by atoms with Crippen molar-refractivity contribution in [3.63, 3.8) is 0 Å². The number of benzene rings is 1. The normalized spacial score (nSPS) is 10.1. The molecule has 0 aliphatic heterocycles. The van der Waals surface area contributed by atoms with Crippen LogP contribution in [0.3, 0.4) is 0 Å². The van der Waals surface area contributed by atoms with Gasteiger partial charge in [-0.1, -0.05) is 42.3 Å². The summed E-state index contributed by atoms with van der Waals surface area (Å²) in [6.45, 7) is 3.71. The van der Waals surface area contributed by atoms with Crippen LogP contribution in [0.1, 0.15) is 31.2 Å². The molecule has 0 bridgehead atoms. The van der Waals surface area contributed by atoms with Crippen molar-refractivity contribution in [2.75, 3.05) is 0 Å². The predicted molar refractivity (Wildman–Crippen MR) is 63.8 cm³/mol. The highest BCUT2D eigenvalue weighted by Crippen LogP contribution is 2.17. The highest BCUT2D eigenvalue weighted by atomic mass is 35.5. The fourth-order valence-corrected chi connectivity index (χ4v) is 1.71. The Labute approximate surface area is 91.6 Å². The van der Waals surface area contributed by atoms with Crippen LogP contribution >= 0.6 is 11.6 Å². The summed E-state index contributed by atoms with van der Waals surface area (Å²) in [7, 11) is 0. The van der Waals surface area contributed by atoms with E-state index in [0.717, 1.165) is 17.9 Å². The molecule has 0 saturated heterocycles. The van der Waals surface area contributed by atoms with Gasteiger partial charge < -0.3 is 0 Å². The molecule has 0 radical (unpaired) electrons. The Balaban J connectivity index is 2.24. The topological polar surface area (TPSA) is 0 Å². The molecule has 0 atom stereocenters. The van der Waals surface area contributed by atoms with E-state index in [2.05, 4.69) is 12.6 Å². The van der Waals surface area contributed by atoms with Crippen molar-refractivity contribution in [1.29, 1.82) is 0 Å². The van der Waals surface area contributed by atoms with Crippen LogP contribution in [0.4, 0.5) is 0 Å². The number of rotatable bonds is 6. The smallest absolute Gasteiger partial charge is 0.0437 e. The second-order valence-electron chi connectivity index (χ2n) is 3.48. The number of hydrogen-bond donors (Lipinski definition) is 0. The average Bonchev–Trinajstić information content (AvgIpc) is 2.20. The van der Waals surface area contributed by atoms with Gasteiger partial charge >= 0.3 is 0 Å². The molecule has 1 aromatic rings. The number of hydrogen-bond acceptors (Lipinski definition) is 0. The molecule has 0 aliphatic rings. The molecule has 76 valence electrons. The molecule has 0 nitrogen and oxygen atoms in total. The van der Waals surface area contributed by atoms with Gasteiger partial charge in [0.25, 0.3) is 0 Å². The van der Waals surface area contributed by atoms with Crippen LogP contribution in [0.5, 0.6) is 0 Å². The molecule has 0 aromatic heterocycles. The molecule has 0 heterocycles. The predicted octanol–water partition coefficient (Wildman–Crippen LogP) is 4.63. The monoisotopic (exact) mass is 208 g/mol. The van der Waals surface area contributed by atoms with Crippen LogP contribution in [-0.2, 0) is 6.42 Å². The minimum atomic E-state index is 0.899. The van der Waals surface area contributed by atoms with E-state index in [4.69, 9.17) is 11.6 Å². The minimum absolute atomic E-state index is 0.899. The lowest BCUT2D eigenvalue weighted by molar-refractivity contribution is 0.687. The van der Waals surface area contributed by atoms with E-state index >= 15 is 0 Å². The summed E-state index contributed by atoms with van der Waals surface area (Å²) in [6.07, 6.45) is 7.93. The van der Waals surface area contributed by atoms with E-state index < -0.39 is 0 Å². The molecule has 1 heteroatoms. The molecule has 0 spiro atoms. The van der Waals surface area contributed by atoms with E-state index in [9.17, 15) is 0 Å². The largest absolute Gasteiger partial charge is 0.103 e. The molecule has 1 aromatic carbocycles. The molecule has 0 N–H and O–H groups in total. The van der Waals surface area contributed by atoms with Crippen LogP contribution < -0.4 is 0 Å². The average molecular weight is 209 g/mol. The third-order valence-corrected chi connectivity index (χ3v) is 2.68. The molecule has 14 heavy (non-hydrogen) atoms. The molecule has 0 saturated carbocycles. The van der Waals surface area contributed by atoms with Gasteiger partial charge in [0, 0.05) is 5.02 Å². The first-order valence-corrected chi connectivity index (χ1v) is 5.56. The van der Waals surface area contributed by atoms with Crippen LogP contribution in [0.15, 0.2) is 36.9 Å².